The smallest absolute Gasteiger partial charge is 0.250 e. The van der Waals surface area contributed by atoms with Gasteiger partial charge in [-0.3, -0.25) is 0 Å². The van der Waals surface area contributed by atoms with Crippen LogP contribution in [0.3, 0.4) is 0 Å². The van der Waals surface area contributed by atoms with E-state index < -0.39 is 38.7 Å². The molecule has 5 heteroatoms. The number of benzene rings is 1. The molecule has 4 nitrogen and oxygen atoms in total. The summed E-state index contributed by atoms with van der Waals surface area (Å²) < 4.78 is 39.5. The van der Waals surface area contributed by atoms with Crippen LogP contribution in [-0.2, 0) is 11.8 Å². The van der Waals surface area contributed by atoms with Crippen LogP contribution in [0, 0.1) is 5.92 Å². The minimum Gasteiger partial charge on any atom is -0.541 e. The van der Waals surface area contributed by atoms with Gasteiger partial charge in [0.25, 0.3) is 8.32 Å². The van der Waals surface area contributed by atoms with Gasteiger partial charge < -0.3 is 19.2 Å². The molecular weight excluding hydrogens is 366 g/mol. The Kier molecular flexibility index (Phi) is 3.24. The predicted molar refractivity (Wildman–Crippen MR) is 114 cm³/mol. The molecule has 2 unspecified atom stereocenters. The molecule has 1 saturated heterocycles. The van der Waals surface area contributed by atoms with E-state index in [1.54, 1.807) is 6.07 Å². The molecule has 1 N–H and O–H groups in total. The molecule has 1 aromatic rings. The quantitative estimate of drug-likeness (QED) is 0.754. The summed E-state index contributed by atoms with van der Waals surface area (Å²) in [6.45, 7) is 11.8. The fourth-order valence-electron chi connectivity index (χ4n) is 5.63. The highest BCUT2D eigenvalue weighted by Crippen LogP contribution is 2.64. The van der Waals surface area contributed by atoms with E-state index in [0.29, 0.717) is 24.0 Å². The summed E-state index contributed by atoms with van der Waals surface area (Å²) in [5.41, 5.74) is 1.48. The molecule has 28 heavy (non-hydrogen) atoms. The lowest BCUT2D eigenvalue weighted by atomic mass is 9.51. The minimum absolute atomic E-state index is 0.000701. The third-order valence-electron chi connectivity index (χ3n) is 8.21. The Morgan fingerprint density at radius 1 is 1.39 bits per heavy atom. The van der Waals surface area contributed by atoms with Gasteiger partial charge in [0.05, 0.1) is 7.47 Å². The molecule has 2 aliphatic carbocycles. The number of rotatable bonds is 2. The van der Waals surface area contributed by atoms with Crippen LogP contribution in [0.5, 0.6) is 11.5 Å². The molecule has 2 aliphatic heterocycles. The van der Waals surface area contributed by atoms with Gasteiger partial charge in [-0.15, -0.1) is 0 Å². The zero-order chi connectivity index (χ0) is 22.7. The van der Waals surface area contributed by atoms with Crippen molar-refractivity contribution in [2.45, 2.75) is 88.2 Å². The second-order valence-electron chi connectivity index (χ2n) is 10.7. The van der Waals surface area contributed by atoms with E-state index in [-0.39, 0.29) is 17.0 Å². The summed E-state index contributed by atoms with van der Waals surface area (Å²) in [7, 11) is -0.0870. The Bertz CT molecular complexity index is 936. The lowest BCUT2D eigenvalue weighted by molar-refractivity contribution is -0.0993. The first-order chi connectivity index (χ1) is 14.3. The standard InChI is InChI=1S/C23H35NO3Si/c1-22(2,3)28(5,6)27-18-10-7-14-13-16-15-8-9-17(25)21-23(15,11-12-24(16)4)19(14)20(18)26-21/h7,10,15-17,21,25H,8-9,11-13H2,1-6H3/t15-,16+,17-,21-,23-/m0/s1/i7D,8D,9D/t8?,9?,15-,16+,17-,21-,23-. The van der Waals surface area contributed by atoms with E-state index in [9.17, 15) is 5.11 Å². The molecule has 2 heterocycles. The van der Waals surface area contributed by atoms with E-state index in [0.717, 1.165) is 24.1 Å². The van der Waals surface area contributed by atoms with E-state index in [1.165, 1.54) is 0 Å². The molecule has 1 aromatic carbocycles. The summed E-state index contributed by atoms with van der Waals surface area (Å²) >= 11 is 0. The van der Waals surface area contributed by atoms with Crippen LogP contribution in [0.15, 0.2) is 12.1 Å². The van der Waals surface area contributed by atoms with Gasteiger partial charge >= 0.3 is 0 Å². The van der Waals surface area contributed by atoms with Gasteiger partial charge in [-0.2, -0.15) is 0 Å². The number of hydrogen-bond acceptors (Lipinski definition) is 4. The Hall–Kier alpha value is -1.04. The fraction of sp³-hybridized carbons (Fsp3) is 0.739. The average molecular weight is 405 g/mol. The number of piperidine rings is 1. The lowest BCUT2D eigenvalue weighted by Gasteiger charge is -2.58. The maximum absolute atomic E-state index is 11.1. The van der Waals surface area contributed by atoms with Crippen LogP contribution in [0.1, 0.15) is 55.2 Å². The second-order valence-corrected chi connectivity index (χ2v) is 15.4. The van der Waals surface area contributed by atoms with E-state index in [1.807, 2.05) is 0 Å². The van der Waals surface area contributed by atoms with Gasteiger partial charge in [0.15, 0.2) is 5.75 Å². The van der Waals surface area contributed by atoms with Crippen molar-refractivity contribution >= 4 is 8.32 Å². The van der Waals surface area contributed by atoms with E-state index in [4.69, 9.17) is 13.3 Å². The van der Waals surface area contributed by atoms with Gasteiger partial charge in [-0.25, -0.2) is 0 Å². The topological polar surface area (TPSA) is 41.9 Å². The second kappa shape index (κ2) is 5.76. The number of likely N-dealkylation sites (tertiary alicyclic amines) is 1. The monoisotopic (exact) mass is 404 g/mol. The molecule has 154 valence electrons. The first-order valence-corrected chi connectivity index (χ1v) is 13.5. The molecule has 0 aromatic heterocycles. The Labute approximate surface area is 174 Å². The van der Waals surface area contributed by atoms with Crippen molar-refractivity contribution in [2.75, 3.05) is 13.6 Å². The maximum atomic E-state index is 11.1. The number of aliphatic hydroxyl groups is 1. The van der Waals surface area contributed by atoms with Crippen LogP contribution in [-0.4, -0.2) is 50.2 Å². The summed E-state index contributed by atoms with van der Waals surface area (Å²) in [6.07, 6.45) is -1.67. The zero-order valence-corrected chi connectivity index (χ0v) is 18.9. The largest absolute Gasteiger partial charge is 0.541 e. The van der Waals surface area contributed by atoms with Crippen LogP contribution < -0.4 is 9.16 Å². The fourth-order valence-corrected chi connectivity index (χ4v) is 6.64. The molecule has 0 amide bonds. The molecule has 1 spiro atoms. The molecule has 1 saturated carbocycles. The number of nitrogens with zero attached hydrogens (tertiary/aromatic N) is 1. The Morgan fingerprint density at radius 2 is 2.14 bits per heavy atom. The minimum atomic E-state index is -2.17. The first-order valence-electron chi connectivity index (χ1n) is 12.2. The van der Waals surface area contributed by atoms with Crippen molar-refractivity contribution in [2.24, 2.45) is 5.92 Å². The number of likely N-dealkylation sites (N-methyl/N-ethyl adjacent to an activating group) is 1. The number of hydrogen-bond donors (Lipinski definition) is 1. The Morgan fingerprint density at radius 3 is 2.86 bits per heavy atom. The molecule has 0 radical (unpaired) electrons. The first kappa shape index (κ1) is 15.8. The van der Waals surface area contributed by atoms with Crippen LogP contribution in [0.4, 0.5) is 0 Å². The summed E-state index contributed by atoms with van der Waals surface area (Å²) in [5.74, 6) is 1.21. The van der Waals surface area contributed by atoms with Gasteiger partial charge in [0, 0.05) is 19.8 Å². The third kappa shape index (κ3) is 2.30. The molecule has 2 fully saturated rings. The zero-order valence-electron chi connectivity index (χ0n) is 20.9. The number of aliphatic hydroxyl groups excluding tert-OH is 1. The molecule has 5 rings (SSSR count). The summed E-state index contributed by atoms with van der Waals surface area (Å²) in [5, 5.41) is 11.1. The SMILES string of the molecule is [2H]c1cc(O[Si](C)(C)C(C)(C)C)c2c3c1C[C@@H]1[C@@H]4C([2H])C([2H])[C@H](O)[C@H](O2)[C@]34CCN1C. The normalized spacial score (nSPS) is 43.5. The van der Waals surface area contributed by atoms with Gasteiger partial charge in [0.1, 0.15) is 11.9 Å². The third-order valence-corrected chi connectivity index (χ3v) is 12.6. The molecule has 7 atom stereocenters. The van der Waals surface area contributed by atoms with Crippen molar-refractivity contribution in [1.82, 2.24) is 4.90 Å². The highest BCUT2D eigenvalue weighted by atomic mass is 28.4. The highest BCUT2D eigenvalue weighted by Gasteiger charge is 2.65. The van der Waals surface area contributed by atoms with E-state index in [2.05, 4.69) is 45.8 Å². The Balaban J connectivity index is 1.73. The molecule has 2 bridgehead atoms. The maximum Gasteiger partial charge on any atom is 0.250 e. The van der Waals surface area contributed by atoms with Gasteiger partial charge in [-0.1, -0.05) is 26.8 Å². The van der Waals surface area contributed by atoms with E-state index >= 15 is 0 Å². The predicted octanol–water partition coefficient (Wildman–Crippen LogP) is 4.10. The van der Waals surface area contributed by atoms with Gasteiger partial charge in [-0.05, 0) is 74.9 Å². The highest BCUT2D eigenvalue weighted by molar-refractivity contribution is 6.74. The van der Waals surface area contributed by atoms with Crippen molar-refractivity contribution < 1.29 is 18.4 Å². The average Bonchev–Trinajstić information content (AvgIpc) is 3.01. The van der Waals surface area contributed by atoms with Crippen molar-refractivity contribution in [3.63, 3.8) is 0 Å². The summed E-state index contributed by atoms with van der Waals surface area (Å²) in [4.78, 5) is 2.29. The van der Waals surface area contributed by atoms with Crippen molar-refractivity contribution in [1.29, 1.82) is 0 Å². The molecular formula is C23H35NO3Si. The molecule has 4 aliphatic rings. The van der Waals surface area contributed by atoms with Crippen LogP contribution >= 0.6 is 0 Å². The lowest BCUT2D eigenvalue weighted by Crippen LogP contribution is -2.66. The number of ether oxygens (including phenoxy) is 1. The van der Waals surface area contributed by atoms with Crippen molar-refractivity contribution in [3.8, 4) is 11.5 Å². The van der Waals surface area contributed by atoms with Gasteiger partial charge in [0.2, 0.25) is 0 Å². The van der Waals surface area contributed by atoms with Crippen LogP contribution in [0.2, 0.25) is 18.1 Å². The van der Waals surface area contributed by atoms with Crippen molar-refractivity contribution in [3.05, 3.63) is 23.2 Å². The summed E-state index contributed by atoms with van der Waals surface area (Å²) in [6, 6.07) is 2.37. The van der Waals surface area contributed by atoms with Crippen LogP contribution in [0.25, 0.3) is 0 Å².